The quantitative estimate of drug-likeness (QED) is 0.800. The van der Waals surface area contributed by atoms with Gasteiger partial charge in [0.05, 0.1) is 12.7 Å². The highest BCUT2D eigenvalue weighted by Crippen LogP contribution is 2.21. The molecule has 0 aliphatic rings. The van der Waals surface area contributed by atoms with E-state index in [1.54, 1.807) is 49.4 Å². The molecule has 0 N–H and O–H groups in total. The minimum absolute atomic E-state index is 0.103. The average Bonchev–Trinajstić information content (AvgIpc) is 2.48. The Bertz CT molecular complexity index is 623. The number of carbonyl (C=O) groups is 1. The van der Waals surface area contributed by atoms with E-state index in [4.69, 9.17) is 9.47 Å². The van der Waals surface area contributed by atoms with Gasteiger partial charge >= 0.3 is 5.97 Å². The highest BCUT2D eigenvalue weighted by molar-refractivity contribution is 5.90. The van der Waals surface area contributed by atoms with Crippen LogP contribution in [0.5, 0.6) is 5.75 Å². The second-order valence-corrected chi connectivity index (χ2v) is 4.32. The van der Waals surface area contributed by atoms with Crippen LogP contribution in [-0.4, -0.2) is 13.1 Å². The van der Waals surface area contributed by atoms with Gasteiger partial charge in [0, 0.05) is 5.56 Å². The summed E-state index contributed by atoms with van der Waals surface area (Å²) in [6, 6.07) is 11.9. The molecule has 2 rings (SSSR count). The van der Waals surface area contributed by atoms with Gasteiger partial charge in [-0.05, 0) is 24.6 Å². The first-order valence-corrected chi connectivity index (χ1v) is 6.17. The smallest absolute Gasteiger partial charge is 0.338 e. The Balaban J connectivity index is 2.19. The minimum atomic E-state index is -0.436. The fraction of sp³-hybridized carbons (Fsp3) is 0.188. The van der Waals surface area contributed by atoms with E-state index in [0.717, 1.165) is 0 Å². The molecule has 2 aromatic carbocycles. The number of halogens is 1. The van der Waals surface area contributed by atoms with Gasteiger partial charge < -0.3 is 9.47 Å². The number of ether oxygens (including phenoxy) is 2. The van der Waals surface area contributed by atoms with Crippen molar-refractivity contribution in [2.24, 2.45) is 0 Å². The number of methoxy groups -OCH3 is 1. The van der Waals surface area contributed by atoms with Crippen molar-refractivity contribution in [3.05, 3.63) is 65.0 Å². The molecular weight excluding hydrogens is 259 g/mol. The molecule has 104 valence electrons. The van der Waals surface area contributed by atoms with Crippen LogP contribution in [0.15, 0.2) is 42.5 Å². The highest BCUT2D eigenvalue weighted by Gasteiger charge is 2.12. The van der Waals surface area contributed by atoms with Crippen LogP contribution >= 0.6 is 0 Å². The van der Waals surface area contributed by atoms with Crippen molar-refractivity contribution in [2.45, 2.75) is 13.5 Å². The topological polar surface area (TPSA) is 35.5 Å². The number of hydrogen-bond donors (Lipinski definition) is 0. The van der Waals surface area contributed by atoms with Crippen molar-refractivity contribution in [3.8, 4) is 5.75 Å². The lowest BCUT2D eigenvalue weighted by Gasteiger charge is -2.11. The summed E-state index contributed by atoms with van der Waals surface area (Å²) in [5.74, 6) is -0.651. The SMILES string of the molecule is COC(=O)c1ccccc1COc1cccc(C)c1F. The molecule has 0 spiro atoms. The van der Waals surface area contributed by atoms with Crippen LogP contribution in [0, 0.1) is 12.7 Å². The van der Waals surface area contributed by atoms with Crippen molar-refractivity contribution in [1.29, 1.82) is 0 Å². The summed E-state index contributed by atoms with van der Waals surface area (Å²) in [4.78, 5) is 11.6. The van der Waals surface area contributed by atoms with E-state index in [0.29, 0.717) is 16.7 Å². The van der Waals surface area contributed by atoms with Gasteiger partial charge in [0.15, 0.2) is 11.6 Å². The lowest BCUT2D eigenvalue weighted by atomic mass is 10.1. The second kappa shape index (κ2) is 6.19. The van der Waals surface area contributed by atoms with Crippen molar-refractivity contribution in [2.75, 3.05) is 7.11 Å². The lowest BCUT2D eigenvalue weighted by Crippen LogP contribution is -2.08. The van der Waals surface area contributed by atoms with Crippen molar-refractivity contribution < 1.29 is 18.7 Å². The Morgan fingerprint density at radius 3 is 2.65 bits per heavy atom. The molecule has 0 saturated carbocycles. The first-order valence-electron chi connectivity index (χ1n) is 6.17. The van der Waals surface area contributed by atoms with E-state index in [2.05, 4.69) is 0 Å². The molecule has 0 aliphatic heterocycles. The Kier molecular flexibility index (Phi) is 4.35. The van der Waals surface area contributed by atoms with Gasteiger partial charge in [-0.25, -0.2) is 9.18 Å². The molecular formula is C16H15FO3. The van der Waals surface area contributed by atoms with Crippen molar-refractivity contribution in [1.82, 2.24) is 0 Å². The standard InChI is InChI=1S/C16H15FO3/c1-11-6-5-9-14(15(11)17)20-10-12-7-3-4-8-13(12)16(18)19-2/h3-9H,10H2,1-2H3. The molecule has 3 nitrogen and oxygen atoms in total. The highest BCUT2D eigenvalue weighted by atomic mass is 19.1. The average molecular weight is 274 g/mol. The van der Waals surface area contributed by atoms with Crippen LogP contribution in [0.1, 0.15) is 21.5 Å². The monoisotopic (exact) mass is 274 g/mol. The van der Waals surface area contributed by atoms with Gasteiger partial charge in [-0.2, -0.15) is 0 Å². The molecule has 2 aromatic rings. The summed E-state index contributed by atoms with van der Waals surface area (Å²) in [7, 11) is 1.32. The van der Waals surface area contributed by atoms with Crippen LogP contribution in [0.4, 0.5) is 4.39 Å². The third-order valence-corrected chi connectivity index (χ3v) is 2.96. The van der Waals surface area contributed by atoms with Gasteiger partial charge in [-0.3, -0.25) is 0 Å². The molecule has 0 fully saturated rings. The molecule has 0 amide bonds. The molecule has 0 radical (unpaired) electrons. The van der Waals surface area contributed by atoms with E-state index < -0.39 is 5.97 Å². The predicted molar refractivity (Wildman–Crippen MR) is 73.3 cm³/mol. The Labute approximate surface area is 117 Å². The molecule has 0 unspecified atom stereocenters. The molecule has 0 aromatic heterocycles. The van der Waals surface area contributed by atoms with Crippen LogP contribution in [-0.2, 0) is 11.3 Å². The van der Waals surface area contributed by atoms with E-state index in [1.165, 1.54) is 7.11 Å². The zero-order chi connectivity index (χ0) is 14.5. The Morgan fingerprint density at radius 1 is 1.15 bits per heavy atom. The third-order valence-electron chi connectivity index (χ3n) is 2.96. The first kappa shape index (κ1) is 14.1. The summed E-state index contributed by atoms with van der Waals surface area (Å²) in [6.07, 6.45) is 0. The minimum Gasteiger partial charge on any atom is -0.486 e. The molecule has 0 atom stereocenters. The maximum atomic E-state index is 13.8. The summed E-state index contributed by atoms with van der Waals surface area (Å²) < 4.78 is 24.0. The van der Waals surface area contributed by atoms with Crippen LogP contribution in [0.3, 0.4) is 0 Å². The van der Waals surface area contributed by atoms with Crippen molar-refractivity contribution >= 4 is 5.97 Å². The van der Waals surface area contributed by atoms with E-state index in [-0.39, 0.29) is 18.2 Å². The summed E-state index contributed by atoms with van der Waals surface area (Å²) in [5, 5.41) is 0. The van der Waals surface area contributed by atoms with E-state index in [1.807, 2.05) is 0 Å². The van der Waals surface area contributed by atoms with Crippen molar-refractivity contribution in [3.63, 3.8) is 0 Å². The number of aryl methyl sites for hydroxylation is 1. The fourth-order valence-corrected chi connectivity index (χ4v) is 1.84. The molecule has 20 heavy (non-hydrogen) atoms. The fourth-order valence-electron chi connectivity index (χ4n) is 1.84. The summed E-state index contributed by atoms with van der Waals surface area (Å²) in [6.45, 7) is 1.77. The maximum absolute atomic E-state index is 13.8. The van der Waals surface area contributed by atoms with Gasteiger partial charge in [0.2, 0.25) is 0 Å². The number of hydrogen-bond acceptors (Lipinski definition) is 3. The number of benzene rings is 2. The summed E-state index contributed by atoms with van der Waals surface area (Å²) in [5.41, 5.74) is 1.59. The molecule has 0 aliphatic carbocycles. The first-order chi connectivity index (χ1) is 9.63. The molecule has 0 heterocycles. The van der Waals surface area contributed by atoms with Gasteiger partial charge in [0.25, 0.3) is 0 Å². The number of esters is 1. The summed E-state index contributed by atoms with van der Waals surface area (Å²) >= 11 is 0. The zero-order valence-corrected chi connectivity index (χ0v) is 11.4. The lowest BCUT2D eigenvalue weighted by molar-refractivity contribution is 0.0597. The zero-order valence-electron chi connectivity index (χ0n) is 11.4. The Hall–Kier alpha value is -2.36. The maximum Gasteiger partial charge on any atom is 0.338 e. The van der Waals surface area contributed by atoms with Gasteiger partial charge in [0.1, 0.15) is 6.61 Å². The van der Waals surface area contributed by atoms with Crippen LogP contribution in [0.25, 0.3) is 0 Å². The van der Waals surface area contributed by atoms with Gasteiger partial charge in [-0.1, -0.05) is 30.3 Å². The van der Waals surface area contributed by atoms with E-state index in [9.17, 15) is 9.18 Å². The van der Waals surface area contributed by atoms with Crippen LogP contribution in [0.2, 0.25) is 0 Å². The third kappa shape index (κ3) is 2.96. The molecule has 0 bridgehead atoms. The van der Waals surface area contributed by atoms with E-state index >= 15 is 0 Å². The molecule has 0 saturated heterocycles. The Morgan fingerprint density at radius 2 is 1.90 bits per heavy atom. The predicted octanol–water partition coefficient (Wildman–Crippen LogP) is 3.50. The van der Waals surface area contributed by atoms with Crippen LogP contribution < -0.4 is 4.74 Å². The number of rotatable bonds is 4. The number of carbonyl (C=O) groups excluding carboxylic acids is 1. The van der Waals surface area contributed by atoms with Gasteiger partial charge in [-0.15, -0.1) is 0 Å². The molecule has 4 heteroatoms. The second-order valence-electron chi connectivity index (χ2n) is 4.32. The normalized spacial score (nSPS) is 10.2. The largest absolute Gasteiger partial charge is 0.486 e.